The van der Waals surface area contributed by atoms with Gasteiger partial charge in [0.25, 0.3) is 0 Å². The van der Waals surface area contributed by atoms with E-state index in [0.717, 1.165) is 11.3 Å². The third-order valence-electron chi connectivity index (χ3n) is 4.06. The molecule has 1 aliphatic rings. The molecule has 0 aromatic heterocycles. The Balaban J connectivity index is 1.98. The molecular formula is C22H31NO3Si2. The van der Waals surface area contributed by atoms with E-state index in [9.17, 15) is 0 Å². The fourth-order valence-corrected chi connectivity index (χ4v) is 4.46. The number of nitrogens with zero attached hydrogens (tertiary/aromatic N) is 1. The molecule has 0 spiro atoms. The molecule has 0 radical (unpaired) electrons. The highest BCUT2D eigenvalue weighted by atomic mass is 28.4. The standard InChI is InChI=1S/C22H31NO3Si2/c1-27(2,3)25-23(26-28(4,5)6)22-20(18-13-9-7-10-14-18)17-21(24-22)19-15-11-8-12-16-19/h7-17,20,22H,1-6H3/t20-,22+/m0/s1. The fourth-order valence-electron chi connectivity index (χ4n) is 3.03. The van der Waals surface area contributed by atoms with Crippen LogP contribution in [0.2, 0.25) is 39.3 Å². The molecule has 0 amide bonds. The Labute approximate surface area is 170 Å². The highest BCUT2D eigenvalue weighted by Gasteiger charge is 2.41. The second-order valence-corrected chi connectivity index (χ2v) is 17.8. The minimum Gasteiger partial charge on any atom is -0.469 e. The van der Waals surface area contributed by atoms with Crippen LogP contribution in [0.4, 0.5) is 0 Å². The van der Waals surface area contributed by atoms with Crippen molar-refractivity contribution in [2.45, 2.75) is 51.4 Å². The lowest BCUT2D eigenvalue weighted by Crippen LogP contribution is -2.50. The maximum Gasteiger partial charge on any atom is 0.215 e. The van der Waals surface area contributed by atoms with E-state index in [1.165, 1.54) is 5.56 Å². The van der Waals surface area contributed by atoms with Crippen molar-refractivity contribution in [2.24, 2.45) is 0 Å². The molecule has 0 unspecified atom stereocenters. The van der Waals surface area contributed by atoms with Crippen molar-refractivity contribution in [3.05, 3.63) is 77.9 Å². The molecule has 1 aliphatic heterocycles. The van der Waals surface area contributed by atoms with Crippen LogP contribution in [-0.4, -0.2) is 28.1 Å². The summed E-state index contributed by atoms with van der Waals surface area (Å²) in [5.41, 5.74) is 2.24. The molecule has 4 nitrogen and oxygen atoms in total. The summed E-state index contributed by atoms with van der Waals surface area (Å²) in [7, 11) is -3.80. The highest BCUT2D eigenvalue weighted by molar-refractivity contribution is 6.70. The van der Waals surface area contributed by atoms with Crippen molar-refractivity contribution in [1.82, 2.24) is 5.23 Å². The summed E-state index contributed by atoms with van der Waals surface area (Å²) >= 11 is 0. The summed E-state index contributed by atoms with van der Waals surface area (Å²) in [5.74, 6) is 0.881. The summed E-state index contributed by atoms with van der Waals surface area (Å²) in [6.45, 7) is 12.9. The van der Waals surface area contributed by atoms with Gasteiger partial charge in [-0.2, -0.15) is 0 Å². The summed E-state index contributed by atoms with van der Waals surface area (Å²) < 4.78 is 19.2. The van der Waals surface area contributed by atoms with E-state index in [1.54, 1.807) is 5.23 Å². The zero-order chi connectivity index (χ0) is 20.4. The fraction of sp³-hybridized carbons (Fsp3) is 0.364. The molecule has 0 bridgehead atoms. The number of benzene rings is 2. The largest absolute Gasteiger partial charge is 0.469 e. The van der Waals surface area contributed by atoms with Crippen molar-refractivity contribution >= 4 is 22.4 Å². The van der Waals surface area contributed by atoms with Gasteiger partial charge in [-0.1, -0.05) is 60.7 Å². The van der Waals surface area contributed by atoms with Crippen molar-refractivity contribution in [3.63, 3.8) is 0 Å². The summed E-state index contributed by atoms with van der Waals surface area (Å²) in [4.78, 5) is 0. The average Bonchev–Trinajstić information content (AvgIpc) is 3.06. The van der Waals surface area contributed by atoms with Crippen LogP contribution >= 0.6 is 0 Å². The molecule has 2 aromatic carbocycles. The molecule has 0 fully saturated rings. The second kappa shape index (κ2) is 8.35. The molecular weight excluding hydrogens is 382 g/mol. The lowest BCUT2D eigenvalue weighted by atomic mass is 9.97. The summed E-state index contributed by atoms with van der Waals surface area (Å²) in [6.07, 6.45) is 1.82. The quantitative estimate of drug-likeness (QED) is 0.411. The van der Waals surface area contributed by atoms with E-state index in [1.807, 2.05) is 24.3 Å². The van der Waals surface area contributed by atoms with Crippen molar-refractivity contribution in [2.75, 3.05) is 0 Å². The van der Waals surface area contributed by atoms with E-state index in [2.05, 4.69) is 81.8 Å². The van der Waals surface area contributed by atoms with E-state index in [4.69, 9.17) is 13.8 Å². The first-order chi connectivity index (χ1) is 13.1. The molecule has 6 heteroatoms. The average molecular weight is 414 g/mol. The number of ether oxygens (including phenoxy) is 1. The number of rotatable bonds is 7. The lowest BCUT2D eigenvalue weighted by Gasteiger charge is -2.38. The van der Waals surface area contributed by atoms with Crippen LogP contribution in [0.5, 0.6) is 0 Å². The van der Waals surface area contributed by atoms with Crippen molar-refractivity contribution in [3.8, 4) is 0 Å². The van der Waals surface area contributed by atoms with E-state index < -0.39 is 16.6 Å². The van der Waals surface area contributed by atoms with Gasteiger partial charge in [0.15, 0.2) is 0 Å². The Morgan fingerprint density at radius 1 is 0.750 bits per heavy atom. The summed E-state index contributed by atoms with van der Waals surface area (Å²) in [6, 6.07) is 20.6. The molecule has 0 N–H and O–H groups in total. The lowest BCUT2D eigenvalue weighted by molar-refractivity contribution is -0.336. The molecule has 2 atom stereocenters. The van der Waals surface area contributed by atoms with Gasteiger partial charge in [-0.3, -0.25) is 0 Å². The smallest absolute Gasteiger partial charge is 0.215 e. The first-order valence-corrected chi connectivity index (χ1v) is 16.6. The minimum absolute atomic E-state index is 0.0177. The highest BCUT2D eigenvalue weighted by Crippen LogP contribution is 2.39. The van der Waals surface area contributed by atoms with Crippen LogP contribution < -0.4 is 0 Å². The zero-order valence-electron chi connectivity index (χ0n) is 17.7. The zero-order valence-corrected chi connectivity index (χ0v) is 19.7. The molecule has 0 saturated heterocycles. The first kappa shape index (κ1) is 21.0. The topological polar surface area (TPSA) is 30.9 Å². The van der Waals surface area contributed by atoms with Gasteiger partial charge in [0.2, 0.25) is 22.9 Å². The Kier molecular flexibility index (Phi) is 6.26. The van der Waals surface area contributed by atoms with Crippen LogP contribution in [0.3, 0.4) is 0 Å². The summed E-state index contributed by atoms with van der Waals surface area (Å²) in [5, 5.41) is 1.67. The second-order valence-electron chi connectivity index (χ2n) is 9.03. The van der Waals surface area contributed by atoms with Gasteiger partial charge in [-0.15, -0.1) is 0 Å². The van der Waals surface area contributed by atoms with Gasteiger partial charge < -0.3 is 13.8 Å². The predicted molar refractivity (Wildman–Crippen MR) is 119 cm³/mol. The molecule has 0 saturated carbocycles. The van der Waals surface area contributed by atoms with Gasteiger partial charge >= 0.3 is 0 Å². The molecule has 1 heterocycles. The predicted octanol–water partition coefficient (Wildman–Crippen LogP) is 6.00. The maximum atomic E-state index is 6.45. The van der Waals surface area contributed by atoms with Gasteiger partial charge in [-0.25, -0.2) is 0 Å². The Morgan fingerprint density at radius 2 is 1.25 bits per heavy atom. The monoisotopic (exact) mass is 413 g/mol. The van der Waals surface area contributed by atoms with E-state index in [0.29, 0.717) is 0 Å². The van der Waals surface area contributed by atoms with Gasteiger partial charge in [0.1, 0.15) is 5.76 Å². The van der Waals surface area contributed by atoms with Crippen LogP contribution in [-0.2, 0) is 13.8 Å². The van der Waals surface area contributed by atoms with Gasteiger partial charge in [0.05, 0.1) is 5.92 Å². The maximum absolute atomic E-state index is 6.45. The third kappa shape index (κ3) is 5.65. The van der Waals surface area contributed by atoms with Crippen molar-refractivity contribution < 1.29 is 13.8 Å². The van der Waals surface area contributed by atoms with Crippen LogP contribution in [0.15, 0.2) is 66.7 Å². The molecule has 3 rings (SSSR count). The number of hydroxylamine groups is 2. The van der Waals surface area contributed by atoms with Gasteiger partial charge in [-0.05, 0) is 56.1 Å². The molecule has 28 heavy (non-hydrogen) atoms. The third-order valence-corrected chi connectivity index (χ3v) is 5.52. The number of hydrogen-bond acceptors (Lipinski definition) is 4. The Hall–Kier alpha value is -1.71. The van der Waals surface area contributed by atoms with Crippen LogP contribution in [0.1, 0.15) is 17.0 Å². The normalized spacial score (nSPS) is 20.2. The van der Waals surface area contributed by atoms with E-state index >= 15 is 0 Å². The van der Waals surface area contributed by atoms with Gasteiger partial charge in [0, 0.05) is 5.56 Å². The van der Waals surface area contributed by atoms with Crippen molar-refractivity contribution in [1.29, 1.82) is 0 Å². The number of hydrogen-bond donors (Lipinski definition) is 0. The minimum atomic E-state index is -1.90. The van der Waals surface area contributed by atoms with Crippen LogP contribution in [0, 0.1) is 0 Å². The molecule has 150 valence electrons. The van der Waals surface area contributed by atoms with Crippen LogP contribution in [0.25, 0.3) is 5.76 Å². The SMILES string of the molecule is C[Si](C)(C)ON(O[Si](C)(C)C)[C@@H]1OC(c2ccccc2)=C[C@H]1c1ccccc1. The Bertz CT molecular complexity index is 782. The Morgan fingerprint density at radius 3 is 1.75 bits per heavy atom. The molecule has 0 aliphatic carbocycles. The van der Waals surface area contributed by atoms with E-state index in [-0.39, 0.29) is 12.1 Å². The first-order valence-electron chi connectivity index (χ1n) is 9.79. The molecule has 2 aromatic rings.